The monoisotopic (exact) mass is 287 g/mol. The van der Waals surface area contributed by atoms with E-state index >= 15 is 0 Å². The van der Waals surface area contributed by atoms with Crippen LogP contribution in [0.3, 0.4) is 0 Å². The topological polar surface area (TPSA) is 53.5 Å². The van der Waals surface area contributed by atoms with Gasteiger partial charge in [-0.3, -0.25) is 0 Å². The van der Waals surface area contributed by atoms with Gasteiger partial charge >= 0.3 is 6.03 Å². The quantitative estimate of drug-likeness (QED) is 0.802. The molecule has 114 valence electrons. The van der Waals surface area contributed by atoms with Gasteiger partial charge in [-0.1, -0.05) is 39.0 Å². The molecule has 0 heterocycles. The maximum atomic E-state index is 11.9. The van der Waals surface area contributed by atoms with E-state index < -0.39 is 0 Å². The minimum absolute atomic E-state index is 0.283. The lowest BCUT2D eigenvalue weighted by atomic mass is 9.76. The number of benzene rings is 1. The standard InChI is InChI=1S/C17H25N3O/c1-12(2)15-10-9-13(3)11-16(15)19-20-17(21)18-14-7-5-4-6-8-14/h4-8,12-13,15H,9-11H2,1-3H3,(H2,18,20,21)/b19-16+. The molecule has 1 aliphatic carbocycles. The number of carbonyl (C=O) groups excluding carboxylic acids is 1. The lowest BCUT2D eigenvalue weighted by molar-refractivity contribution is 0.252. The molecule has 1 aliphatic rings. The van der Waals surface area contributed by atoms with Crippen molar-refractivity contribution >= 4 is 17.4 Å². The third-order valence-electron chi connectivity index (χ3n) is 4.09. The highest BCUT2D eigenvalue weighted by Gasteiger charge is 2.27. The Bertz CT molecular complexity index is 496. The molecule has 0 radical (unpaired) electrons. The van der Waals surface area contributed by atoms with Gasteiger partial charge in [-0.05, 0) is 43.2 Å². The van der Waals surface area contributed by atoms with Gasteiger partial charge in [0, 0.05) is 17.3 Å². The maximum Gasteiger partial charge on any atom is 0.339 e. The van der Waals surface area contributed by atoms with Crippen LogP contribution in [0.15, 0.2) is 35.4 Å². The van der Waals surface area contributed by atoms with E-state index in [1.807, 2.05) is 30.3 Å². The normalized spacial score (nSPS) is 24.1. The van der Waals surface area contributed by atoms with Crippen molar-refractivity contribution in [3.63, 3.8) is 0 Å². The number of hydrogen-bond donors (Lipinski definition) is 2. The first kappa shape index (κ1) is 15.5. The third kappa shape index (κ3) is 4.59. The SMILES string of the molecule is CC1CCC(C(C)C)/C(=N/NC(=O)Nc2ccccc2)C1. The molecule has 2 N–H and O–H groups in total. The number of rotatable bonds is 3. The summed E-state index contributed by atoms with van der Waals surface area (Å²) in [5, 5.41) is 7.17. The van der Waals surface area contributed by atoms with Gasteiger partial charge in [-0.15, -0.1) is 0 Å². The van der Waals surface area contributed by atoms with Gasteiger partial charge in [0.1, 0.15) is 0 Å². The lowest BCUT2D eigenvalue weighted by Gasteiger charge is -2.30. The Morgan fingerprint density at radius 2 is 1.95 bits per heavy atom. The second-order valence-electron chi connectivity index (χ2n) is 6.27. The molecule has 2 amide bonds. The molecule has 2 rings (SSSR count). The number of hydrazone groups is 1. The summed E-state index contributed by atoms with van der Waals surface area (Å²) in [5.41, 5.74) is 4.55. The van der Waals surface area contributed by atoms with Gasteiger partial charge < -0.3 is 5.32 Å². The summed E-state index contributed by atoms with van der Waals surface area (Å²) in [6, 6.07) is 9.12. The van der Waals surface area contributed by atoms with E-state index in [4.69, 9.17) is 0 Å². The molecule has 1 aromatic rings. The van der Waals surface area contributed by atoms with Gasteiger partial charge in [0.15, 0.2) is 0 Å². The van der Waals surface area contributed by atoms with Crippen LogP contribution >= 0.6 is 0 Å². The number of urea groups is 1. The van der Waals surface area contributed by atoms with Crippen molar-refractivity contribution in [2.24, 2.45) is 22.9 Å². The maximum absolute atomic E-state index is 11.9. The highest BCUT2D eigenvalue weighted by atomic mass is 16.2. The summed E-state index contributed by atoms with van der Waals surface area (Å²) in [5.74, 6) is 1.70. The molecular formula is C17H25N3O. The molecule has 2 unspecified atom stereocenters. The van der Waals surface area contributed by atoms with Gasteiger partial charge in [0.2, 0.25) is 0 Å². The summed E-state index contributed by atoms with van der Waals surface area (Å²) in [7, 11) is 0. The molecule has 21 heavy (non-hydrogen) atoms. The lowest BCUT2D eigenvalue weighted by Crippen LogP contribution is -2.32. The van der Waals surface area contributed by atoms with Gasteiger partial charge in [0.25, 0.3) is 0 Å². The van der Waals surface area contributed by atoms with Crippen molar-refractivity contribution in [2.75, 3.05) is 5.32 Å². The van der Waals surface area contributed by atoms with Gasteiger partial charge in [-0.2, -0.15) is 5.10 Å². The number of carbonyl (C=O) groups is 1. The molecular weight excluding hydrogens is 262 g/mol. The van der Waals surface area contributed by atoms with Crippen LogP contribution in [0.1, 0.15) is 40.0 Å². The highest BCUT2D eigenvalue weighted by molar-refractivity contribution is 5.92. The first-order chi connectivity index (χ1) is 10.1. The van der Waals surface area contributed by atoms with Crippen LogP contribution in [0.25, 0.3) is 0 Å². The highest BCUT2D eigenvalue weighted by Crippen LogP contribution is 2.31. The second kappa shape index (κ2) is 7.25. The molecule has 0 spiro atoms. The zero-order valence-electron chi connectivity index (χ0n) is 13.1. The number of hydrogen-bond acceptors (Lipinski definition) is 2. The Balaban J connectivity index is 1.96. The molecule has 1 fully saturated rings. The summed E-state index contributed by atoms with van der Waals surface area (Å²) in [6.07, 6.45) is 3.40. The zero-order valence-corrected chi connectivity index (χ0v) is 13.1. The van der Waals surface area contributed by atoms with Crippen LogP contribution in [0.5, 0.6) is 0 Å². The van der Waals surface area contributed by atoms with E-state index in [1.54, 1.807) is 0 Å². The van der Waals surface area contributed by atoms with Crippen molar-refractivity contribution in [3.05, 3.63) is 30.3 Å². The van der Waals surface area contributed by atoms with Crippen LogP contribution in [-0.2, 0) is 0 Å². The molecule has 4 nitrogen and oxygen atoms in total. The van der Waals surface area contributed by atoms with E-state index in [0.717, 1.165) is 17.8 Å². The van der Waals surface area contributed by atoms with E-state index in [0.29, 0.717) is 17.8 Å². The molecule has 1 aromatic carbocycles. The second-order valence-corrected chi connectivity index (χ2v) is 6.27. The van der Waals surface area contributed by atoms with Crippen molar-refractivity contribution in [1.29, 1.82) is 0 Å². The van der Waals surface area contributed by atoms with E-state index in [-0.39, 0.29) is 6.03 Å². The van der Waals surface area contributed by atoms with Gasteiger partial charge in [0.05, 0.1) is 0 Å². The Morgan fingerprint density at radius 3 is 2.62 bits per heavy atom. The first-order valence-electron chi connectivity index (χ1n) is 7.74. The molecule has 2 atom stereocenters. The third-order valence-corrected chi connectivity index (χ3v) is 4.09. The fourth-order valence-electron chi connectivity index (χ4n) is 2.89. The van der Waals surface area contributed by atoms with E-state index in [2.05, 4.69) is 36.6 Å². The zero-order chi connectivity index (χ0) is 15.2. The van der Waals surface area contributed by atoms with Crippen LogP contribution in [0, 0.1) is 17.8 Å². The summed E-state index contributed by atoms with van der Waals surface area (Å²) in [4.78, 5) is 11.9. The van der Waals surface area contributed by atoms with Gasteiger partial charge in [-0.25, -0.2) is 10.2 Å². The number of para-hydroxylation sites is 1. The van der Waals surface area contributed by atoms with E-state index in [1.165, 1.54) is 12.8 Å². The fraction of sp³-hybridized carbons (Fsp3) is 0.529. The smallest absolute Gasteiger partial charge is 0.307 e. The average molecular weight is 287 g/mol. The minimum atomic E-state index is -0.283. The fourth-order valence-corrected chi connectivity index (χ4v) is 2.89. The molecule has 0 aliphatic heterocycles. The first-order valence-corrected chi connectivity index (χ1v) is 7.74. The average Bonchev–Trinajstić information content (AvgIpc) is 2.46. The van der Waals surface area contributed by atoms with Crippen molar-refractivity contribution in [3.8, 4) is 0 Å². The number of amides is 2. The molecule has 0 bridgehead atoms. The Hall–Kier alpha value is -1.84. The summed E-state index contributed by atoms with van der Waals surface area (Å²) >= 11 is 0. The molecule has 4 heteroatoms. The Kier molecular flexibility index (Phi) is 5.37. The van der Waals surface area contributed by atoms with Crippen molar-refractivity contribution < 1.29 is 4.79 Å². The van der Waals surface area contributed by atoms with Crippen LogP contribution < -0.4 is 10.7 Å². The number of nitrogens with zero attached hydrogens (tertiary/aromatic N) is 1. The van der Waals surface area contributed by atoms with E-state index in [9.17, 15) is 4.79 Å². The largest absolute Gasteiger partial charge is 0.339 e. The van der Waals surface area contributed by atoms with Crippen molar-refractivity contribution in [1.82, 2.24) is 5.43 Å². The molecule has 0 aromatic heterocycles. The van der Waals surface area contributed by atoms with Crippen molar-refractivity contribution in [2.45, 2.75) is 40.0 Å². The van der Waals surface area contributed by atoms with Crippen LogP contribution in [0.4, 0.5) is 10.5 Å². The van der Waals surface area contributed by atoms with Crippen LogP contribution in [0.2, 0.25) is 0 Å². The summed E-state index contributed by atoms with van der Waals surface area (Å²) in [6.45, 7) is 6.69. The Labute approximate surface area is 127 Å². The predicted molar refractivity (Wildman–Crippen MR) is 87.4 cm³/mol. The number of anilines is 1. The molecule has 1 saturated carbocycles. The minimum Gasteiger partial charge on any atom is -0.307 e. The molecule has 0 saturated heterocycles. The predicted octanol–water partition coefficient (Wildman–Crippen LogP) is 4.26. The number of nitrogens with one attached hydrogen (secondary N) is 2. The Morgan fingerprint density at radius 1 is 1.24 bits per heavy atom. The van der Waals surface area contributed by atoms with Crippen LogP contribution in [-0.4, -0.2) is 11.7 Å². The summed E-state index contributed by atoms with van der Waals surface area (Å²) < 4.78 is 0.